The minimum Gasteiger partial charge on any atom is -0.482 e. The third kappa shape index (κ3) is 6.67. The highest BCUT2D eigenvalue weighted by molar-refractivity contribution is 7.86. The van der Waals surface area contributed by atoms with E-state index >= 15 is 0 Å². The van der Waals surface area contributed by atoms with E-state index in [1.807, 2.05) is 0 Å². The van der Waals surface area contributed by atoms with Gasteiger partial charge in [-0.05, 0) is 59.7 Å². The molecule has 0 spiro atoms. The lowest BCUT2D eigenvalue weighted by molar-refractivity contribution is -0.139. The molecule has 0 atom stereocenters. The van der Waals surface area contributed by atoms with Crippen molar-refractivity contribution in [3.63, 3.8) is 0 Å². The van der Waals surface area contributed by atoms with Crippen LogP contribution in [-0.2, 0) is 19.1 Å². The average molecular weight is 512 g/mol. The van der Waals surface area contributed by atoms with Crippen molar-refractivity contribution in [2.45, 2.75) is 0 Å². The number of aliphatic carboxylic acids is 1. The van der Waals surface area contributed by atoms with Gasteiger partial charge in [0.25, 0.3) is 5.91 Å². The Balaban J connectivity index is 2.03. The molecule has 0 unspecified atom stereocenters. The van der Waals surface area contributed by atoms with Crippen LogP contribution in [0.25, 0.3) is 11.1 Å². The van der Waals surface area contributed by atoms with Crippen molar-refractivity contribution < 1.29 is 36.8 Å². The fourth-order valence-electron chi connectivity index (χ4n) is 3.19. The fourth-order valence-corrected chi connectivity index (χ4v) is 3.56. The summed E-state index contributed by atoms with van der Waals surface area (Å²) in [7, 11) is -4.17. The van der Waals surface area contributed by atoms with Gasteiger partial charge in [0, 0.05) is 16.8 Å². The number of carbonyl (C=O) groups excluding carboxylic acids is 2. The van der Waals surface area contributed by atoms with E-state index in [2.05, 4.69) is 9.50 Å². The normalized spacial score (nSPS) is 10.8. The van der Waals surface area contributed by atoms with Gasteiger partial charge in [0.2, 0.25) is 0 Å². The van der Waals surface area contributed by atoms with Crippen molar-refractivity contribution in [1.29, 1.82) is 5.41 Å². The van der Waals surface area contributed by atoms with E-state index in [4.69, 9.17) is 21.0 Å². The monoisotopic (exact) mass is 511 g/mol. The topological polar surface area (TPSA) is 186 Å². The van der Waals surface area contributed by atoms with Gasteiger partial charge in [0.15, 0.2) is 6.61 Å². The van der Waals surface area contributed by atoms with E-state index in [-0.39, 0.29) is 33.8 Å². The maximum Gasteiger partial charge on any atom is 0.354 e. The second kappa shape index (κ2) is 10.7. The summed E-state index contributed by atoms with van der Waals surface area (Å²) < 4.78 is 32.8. The second-order valence-corrected chi connectivity index (χ2v) is 9.03. The van der Waals surface area contributed by atoms with Crippen LogP contribution in [0.1, 0.15) is 26.3 Å². The molecule has 0 bridgehead atoms. The molecule has 3 aromatic carbocycles. The Morgan fingerprint density at radius 3 is 2.22 bits per heavy atom. The van der Waals surface area contributed by atoms with Crippen molar-refractivity contribution in [3.8, 4) is 16.9 Å². The predicted molar refractivity (Wildman–Crippen MR) is 131 cm³/mol. The van der Waals surface area contributed by atoms with Gasteiger partial charge < -0.3 is 25.1 Å². The maximum absolute atomic E-state index is 13.1. The van der Waals surface area contributed by atoms with Crippen LogP contribution in [0, 0.1) is 5.41 Å². The third-order valence-electron chi connectivity index (χ3n) is 4.72. The maximum atomic E-state index is 13.1. The van der Waals surface area contributed by atoms with E-state index in [9.17, 15) is 22.8 Å². The van der Waals surface area contributed by atoms with Crippen LogP contribution < -0.4 is 15.8 Å². The summed E-state index contributed by atoms with van der Waals surface area (Å²) in [5.74, 6) is -3.16. The SMILES string of the molecule is CS(=O)(=O)OC(=O)c1cc(OCC(=O)O)ccc1-c1ccccc1C(=O)Nc1ccc(C(=N)N)cc1. The van der Waals surface area contributed by atoms with E-state index in [0.29, 0.717) is 17.5 Å². The zero-order valence-electron chi connectivity index (χ0n) is 18.8. The molecule has 1 amide bonds. The average Bonchev–Trinajstić information content (AvgIpc) is 2.82. The standard InChI is InChI=1S/C24H21N3O8S/c1-36(32,33)35-24(31)20-12-16(34-13-21(28)29)10-11-18(20)17-4-2-3-5-19(17)23(30)27-15-8-6-14(7-9-15)22(25)26/h2-12H,13H2,1H3,(H3,25,26)(H,27,30)(H,28,29). The molecule has 0 heterocycles. The number of nitrogen functional groups attached to an aromatic ring is 1. The molecule has 0 aliphatic heterocycles. The van der Waals surface area contributed by atoms with Gasteiger partial charge >= 0.3 is 22.1 Å². The number of carboxylic acid groups (broad SMARTS) is 1. The van der Waals surface area contributed by atoms with E-state index in [1.165, 1.54) is 18.2 Å². The Bertz CT molecular complexity index is 1450. The highest BCUT2D eigenvalue weighted by Gasteiger charge is 2.23. The van der Waals surface area contributed by atoms with Crippen LogP contribution >= 0.6 is 0 Å². The number of carbonyl (C=O) groups is 3. The van der Waals surface area contributed by atoms with Gasteiger partial charge in [-0.3, -0.25) is 10.2 Å². The number of benzene rings is 3. The van der Waals surface area contributed by atoms with Crippen molar-refractivity contribution in [3.05, 3.63) is 83.4 Å². The zero-order valence-corrected chi connectivity index (χ0v) is 19.7. The van der Waals surface area contributed by atoms with Crippen molar-refractivity contribution >= 4 is 39.5 Å². The lowest BCUT2D eigenvalue weighted by Gasteiger charge is -2.15. The predicted octanol–water partition coefficient (Wildman–Crippen LogP) is 2.47. The summed E-state index contributed by atoms with van der Waals surface area (Å²) in [5.41, 5.74) is 6.68. The number of nitrogens with one attached hydrogen (secondary N) is 2. The molecular weight excluding hydrogens is 490 g/mol. The van der Waals surface area contributed by atoms with E-state index in [1.54, 1.807) is 42.5 Å². The molecule has 0 saturated heterocycles. The first kappa shape index (κ1) is 25.9. The van der Waals surface area contributed by atoms with Crippen LogP contribution in [0.4, 0.5) is 5.69 Å². The quantitative estimate of drug-likeness (QED) is 0.190. The first-order valence-electron chi connectivity index (χ1n) is 10.2. The Kier molecular flexibility index (Phi) is 7.70. The molecule has 3 rings (SSSR count). The van der Waals surface area contributed by atoms with Crippen molar-refractivity contribution in [2.75, 3.05) is 18.2 Å². The molecule has 0 fully saturated rings. The van der Waals surface area contributed by atoms with E-state index < -0.39 is 34.6 Å². The smallest absolute Gasteiger partial charge is 0.354 e. The molecule has 0 aliphatic rings. The van der Waals surface area contributed by atoms with Crippen LogP contribution in [0.2, 0.25) is 0 Å². The summed E-state index contributed by atoms with van der Waals surface area (Å²) in [4.78, 5) is 36.6. The molecule has 12 heteroatoms. The lowest BCUT2D eigenvalue weighted by Crippen LogP contribution is -2.16. The minimum atomic E-state index is -4.17. The summed E-state index contributed by atoms with van der Waals surface area (Å²) in [5, 5.41) is 19.0. The lowest BCUT2D eigenvalue weighted by atomic mass is 9.94. The molecule has 186 valence electrons. The number of carboxylic acids is 1. The van der Waals surface area contributed by atoms with Crippen molar-refractivity contribution in [1.82, 2.24) is 0 Å². The summed E-state index contributed by atoms with van der Waals surface area (Å²) in [6, 6.07) is 16.5. The number of nitrogens with two attached hydrogens (primary N) is 1. The Labute approximate surface area is 206 Å². The highest BCUT2D eigenvalue weighted by Crippen LogP contribution is 2.31. The number of amides is 1. The largest absolute Gasteiger partial charge is 0.482 e. The summed E-state index contributed by atoms with van der Waals surface area (Å²) in [6.07, 6.45) is 0.703. The molecule has 5 N–H and O–H groups in total. The molecule has 0 aromatic heterocycles. The molecule has 3 aromatic rings. The number of anilines is 1. The van der Waals surface area contributed by atoms with Gasteiger partial charge in [-0.2, -0.15) is 8.42 Å². The fraction of sp³-hybridized carbons (Fsp3) is 0.0833. The van der Waals surface area contributed by atoms with E-state index in [0.717, 1.165) is 6.07 Å². The van der Waals surface area contributed by atoms with Crippen LogP contribution in [-0.4, -0.2) is 50.1 Å². The van der Waals surface area contributed by atoms with Gasteiger partial charge in [0.05, 0.1) is 11.8 Å². The van der Waals surface area contributed by atoms with Gasteiger partial charge in [-0.25, -0.2) is 9.59 Å². The number of amidine groups is 1. The van der Waals surface area contributed by atoms with Crippen LogP contribution in [0.15, 0.2) is 66.7 Å². The first-order chi connectivity index (χ1) is 16.9. The Morgan fingerprint density at radius 1 is 0.972 bits per heavy atom. The second-order valence-electron chi connectivity index (χ2n) is 7.46. The zero-order chi connectivity index (χ0) is 26.5. The Hall–Kier alpha value is -4.71. The van der Waals surface area contributed by atoms with Crippen LogP contribution in [0.5, 0.6) is 5.75 Å². The molecule has 0 radical (unpaired) electrons. The highest BCUT2D eigenvalue weighted by atomic mass is 32.2. The molecule has 36 heavy (non-hydrogen) atoms. The van der Waals surface area contributed by atoms with Crippen LogP contribution in [0.3, 0.4) is 0 Å². The molecule has 0 aliphatic carbocycles. The minimum absolute atomic E-state index is 0.0194. The van der Waals surface area contributed by atoms with Gasteiger partial charge in [0.1, 0.15) is 11.6 Å². The number of rotatable bonds is 9. The van der Waals surface area contributed by atoms with Crippen molar-refractivity contribution in [2.24, 2.45) is 5.73 Å². The summed E-state index contributed by atoms with van der Waals surface area (Å²) >= 11 is 0. The number of hydrogen-bond acceptors (Lipinski definition) is 8. The summed E-state index contributed by atoms with van der Waals surface area (Å²) in [6.45, 7) is -0.693. The Morgan fingerprint density at radius 2 is 1.61 bits per heavy atom. The van der Waals surface area contributed by atoms with Gasteiger partial charge in [-0.1, -0.05) is 18.2 Å². The number of hydrogen-bond donors (Lipinski definition) is 4. The molecular formula is C24H21N3O8S. The third-order valence-corrected chi connectivity index (χ3v) is 5.17. The number of ether oxygens (including phenoxy) is 1. The molecule has 0 saturated carbocycles. The van der Waals surface area contributed by atoms with Gasteiger partial charge in [-0.15, -0.1) is 0 Å². The molecule has 11 nitrogen and oxygen atoms in total. The first-order valence-corrected chi connectivity index (χ1v) is 12.0.